The van der Waals surface area contributed by atoms with Crippen molar-refractivity contribution in [2.75, 3.05) is 14.1 Å². The molecule has 3 rings (SSSR count). The second kappa shape index (κ2) is 9.92. The second-order valence-corrected chi connectivity index (χ2v) is 7.63. The lowest BCUT2D eigenvalue weighted by atomic mass is 10.0. The molecule has 7 heteroatoms. The van der Waals surface area contributed by atoms with Crippen LogP contribution in [0.5, 0.6) is 0 Å². The third-order valence-corrected chi connectivity index (χ3v) is 4.92. The number of carboxylic acid groups (broad SMARTS) is 1. The highest BCUT2D eigenvalue weighted by Crippen LogP contribution is 2.21. The molecule has 164 valence electrons. The van der Waals surface area contributed by atoms with Gasteiger partial charge in [0.05, 0.1) is 11.1 Å². The highest BCUT2D eigenvalue weighted by atomic mass is 19.1. The zero-order chi connectivity index (χ0) is 23.3. The lowest BCUT2D eigenvalue weighted by Crippen LogP contribution is -2.36. The third kappa shape index (κ3) is 5.61. The van der Waals surface area contributed by atoms with Crippen molar-refractivity contribution >= 4 is 22.8 Å². The average molecular weight is 433 g/mol. The van der Waals surface area contributed by atoms with E-state index in [-0.39, 0.29) is 23.1 Å². The van der Waals surface area contributed by atoms with Crippen LogP contribution in [0.15, 0.2) is 48.5 Å². The molecule has 0 bridgehead atoms. The molecular weight excluding hydrogens is 409 g/mol. The number of benzene rings is 2. The number of aromatic nitrogens is 1. The predicted octanol–water partition coefficient (Wildman–Crippen LogP) is 3.69. The second-order valence-electron chi connectivity index (χ2n) is 7.63. The van der Waals surface area contributed by atoms with Crippen molar-refractivity contribution in [1.29, 1.82) is 0 Å². The van der Waals surface area contributed by atoms with E-state index in [2.05, 4.69) is 22.3 Å². The molecule has 6 nitrogen and oxygen atoms in total. The molecule has 1 atom stereocenters. The van der Waals surface area contributed by atoms with E-state index in [9.17, 15) is 19.1 Å². The molecule has 0 fully saturated rings. The summed E-state index contributed by atoms with van der Waals surface area (Å²) in [4.78, 5) is 30.8. The van der Waals surface area contributed by atoms with Gasteiger partial charge >= 0.3 is 5.97 Å². The van der Waals surface area contributed by atoms with Crippen LogP contribution in [0.3, 0.4) is 0 Å². The first kappa shape index (κ1) is 22.8. The minimum absolute atomic E-state index is 0.0137. The standard InChI is InChI=1S/C25H24FN3O3/c1-4-19(13-16-5-8-18(26)9-6-16)27-24(30)23-15-21(25(31)32)20-14-17(11-12-29(2)3)7-10-22(20)28-23/h5-10,14-15,19H,4,13H2,1-3H3,(H,27,30)(H,31,32). The number of aromatic carboxylic acids is 1. The van der Waals surface area contributed by atoms with Gasteiger partial charge in [0.25, 0.3) is 5.91 Å². The fraction of sp³-hybridized carbons (Fsp3) is 0.240. The van der Waals surface area contributed by atoms with Crippen molar-refractivity contribution < 1.29 is 19.1 Å². The third-order valence-electron chi connectivity index (χ3n) is 4.92. The Morgan fingerprint density at radius 3 is 2.50 bits per heavy atom. The quantitative estimate of drug-likeness (QED) is 0.458. The Hall–Kier alpha value is -3.92. The highest BCUT2D eigenvalue weighted by molar-refractivity contribution is 6.06. The van der Waals surface area contributed by atoms with Crippen LogP contribution < -0.4 is 5.32 Å². The molecule has 1 heterocycles. The van der Waals surface area contributed by atoms with E-state index in [1.165, 1.54) is 18.2 Å². The number of rotatable bonds is 6. The summed E-state index contributed by atoms with van der Waals surface area (Å²) in [6.45, 7) is 1.93. The monoisotopic (exact) mass is 433 g/mol. The van der Waals surface area contributed by atoms with Crippen LogP contribution in [0.25, 0.3) is 10.9 Å². The first-order valence-corrected chi connectivity index (χ1v) is 10.2. The maximum Gasteiger partial charge on any atom is 0.336 e. The molecule has 2 aromatic carbocycles. The van der Waals surface area contributed by atoms with Gasteiger partial charge in [-0.05, 0) is 60.7 Å². The molecule has 0 saturated heterocycles. The van der Waals surface area contributed by atoms with Crippen LogP contribution in [-0.2, 0) is 6.42 Å². The molecule has 1 unspecified atom stereocenters. The highest BCUT2D eigenvalue weighted by Gasteiger charge is 2.19. The summed E-state index contributed by atoms with van der Waals surface area (Å²) in [5.41, 5.74) is 1.96. The van der Waals surface area contributed by atoms with Gasteiger partial charge in [-0.25, -0.2) is 14.2 Å². The van der Waals surface area contributed by atoms with Crippen molar-refractivity contribution in [3.8, 4) is 12.0 Å². The van der Waals surface area contributed by atoms with Gasteiger partial charge in [-0.15, -0.1) is 0 Å². The molecule has 1 amide bonds. The minimum Gasteiger partial charge on any atom is -0.478 e. The van der Waals surface area contributed by atoms with Gasteiger partial charge in [-0.1, -0.05) is 19.1 Å². The van der Waals surface area contributed by atoms with Crippen molar-refractivity contribution in [3.63, 3.8) is 0 Å². The van der Waals surface area contributed by atoms with E-state index in [1.54, 1.807) is 35.2 Å². The molecule has 2 N–H and O–H groups in total. The Morgan fingerprint density at radius 2 is 1.88 bits per heavy atom. The van der Waals surface area contributed by atoms with Crippen molar-refractivity contribution in [2.45, 2.75) is 25.8 Å². The van der Waals surface area contributed by atoms with E-state index in [0.29, 0.717) is 29.3 Å². The van der Waals surface area contributed by atoms with Gasteiger partial charge in [0, 0.05) is 37.1 Å². The Kier molecular flexibility index (Phi) is 7.06. The van der Waals surface area contributed by atoms with Gasteiger partial charge in [-0.2, -0.15) is 0 Å². The largest absolute Gasteiger partial charge is 0.478 e. The number of carbonyl (C=O) groups is 2. The number of fused-ring (bicyclic) bond motifs is 1. The Labute approximate surface area is 186 Å². The molecule has 1 aromatic heterocycles. The smallest absolute Gasteiger partial charge is 0.336 e. The maximum atomic E-state index is 13.1. The molecule has 0 spiro atoms. The summed E-state index contributed by atoms with van der Waals surface area (Å²) in [7, 11) is 3.62. The zero-order valence-electron chi connectivity index (χ0n) is 18.1. The zero-order valence-corrected chi connectivity index (χ0v) is 18.1. The number of hydrogen-bond donors (Lipinski definition) is 2. The van der Waals surface area contributed by atoms with E-state index in [1.807, 2.05) is 21.0 Å². The average Bonchev–Trinajstić information content (AvgIpc) is 2.77. The van der Waals surface area contributed by atoms with E-state index in [4.69, 9.17) is 0 Å². The van der Waals surface area contributed by atoms with Crippen molar-refractivity contribution in [1.82, 2.24) is 15.2 Å². The van der Waals surface area contributed by atoms with Crippen LogP contribution in [0.2, 0.25) is 0 Å². The Bertz CT molecular complexity index is 1210. The molecule has 0 radical (unpaired) electrons. The van der Waals surface area contributed by atoms with Crippen LogP contribution in [0.1, 0.15) is 45.3 Å². The molecular formula is C25H24FN3O3. The number of hydrogen-bond acceptors (Lipinski definition) is 4. The molecule has 0 aliphatic carbocycles. The Morgan fingerprint density at radius 1 is 1.16 bits per heavy atom. The van der Waals surface area contributed by atoms with Crippen LogP contribution in [0.4, 0.5) is 4.39 Å². The fourth-order valence-electron chi connectivity index (χ4n) is 3.23. The number of nitrogens with zero attached hydrogens (tertiary/aromatic N) is 2. The van der Waals surface area contributed by atoms with Gasteiger partial charge in [-0.3, -0.25) is 4.79 Å². The topological polar surface area (TPSA) is 82.5 Å². The molecule has 0 aliphatic rings. The van der Waals surface area contributed by atoms with Crippen LogP contribution in [-0.4, -0.2) is 47.0 Å². The first-order chi connectivity index (χ1) is 15.3. The lowest BCUT2D eigenvalue weighted by Gasteiger charge is -2.17. The summed E-state index contributed by atoms with van der Waals surface area (Å²) < 4.78 is 13.1. The molecule has 0 aliphatic heterocycles. The van der Waals surface area contributed by atoms with Crippen molar-refractivity contribution in [3.05, 3.63) is 76.7 Å². The number of halogens is 1. The van der Waals surface area contributed by atoms with Gasteiger partial charge in [0.1, 0.15) is 11.5 Å². The minimum atomic E-state index is -1.15. The van der Waals surface area contributed by atoms with Gasteiger partial charge in [0.15, 0.2) is 0 Å². The molecule has 32 heavy (non-hydrogen) atoms. The maximum absolute atomic E-state index is 13.1. The van der Waals surface area contributed by atoms with Crippen LogP contribution in [0, 0.1) is 17.8 Å². The summed E-state index contributed by atoms with van der Waals surface area (Å²) in [6, 6.07) is 15.1. The van der Waals surface area contributed by atoms with Gasteiger partial charge in [0.2, 0.25) is 0 Å². The number of carboxylic acids is 1. The van der Waals surface area contributed by atoms with E-state index >= 15 is 0 Å². The Balaban J connectivity index is 1.89. The summed E-state index contributed by atoms with van der Waals surface area (Å²) in [5, 5.41) is 13.0. The summed E-state index contributed by atoms with van der Waals surface area (Å²) >= 11 is 0. The van der Waals surface area contributed by atoms with Gasteiger partial charge < -0.3 is 15.3 Å². The SMILES string of the molecule is CCC(Cc1ccc(F)cc1)NC(=O)c1cc(C(=O)O)c2cc(C#CN(C)C)ccc2n1. The predicted molar refractivity (Wildman–Crippen MR) is 121 cm³/mol. The molecule has 3 aromatic rings. The molecule has 0 saturated carbocycles. The summed E-state index contributed by atoms with van der Waals surface area (Å²) in [6.07, 6.45) is 1.17. The number of amides is 1. The number of carbonyl (C=O) groups excluding carboxylic acids is 1. The van der Waals surface area contributed by atoms with Crippen molar-refractivity contribution in [2.24, 2.45) is 0 Å². The summed E-state index contributed by atoms with van der Waals surface area (Å²) in [5.74, 6) is 1.03. The van der Waals surface area contributed by atoms with E-state index in [0.717, 1.165) is 5.56 Å². The van der Waals surface area contributed by atoms with E-state index < -0.39 is 11.9 Å². The normalized spacial score (nSPS) is 11.4. The van der Waals surface area contributed by atoms with Crippen LogP contribution >= 0.6 is 0 Å². The lowest BCUT2D eigenvalue weighted by molar-refractivity contribution is 0.0699. The number of pyridine rings is 1. The number of nitrogens with one attached hydrogen (secondary N) is 1. The fourth-order valence-corrected chi connectivity index (χ4v) is 3.23. The first-order valence-electron chi connectivity index (χ1n) is 10.2.